The lowest BCUT2D eigenvalue weighted by Gasteiger charge is -2.26. The number of anilines is 1. The minimum Gasteiger partial charge on any atom is -0.478 e. The Bertz CT molecular complexity index is 1070. The van der Waals surface area contributed by atoms with E-state index in [2.05, 4.69) is 22.6 Å². The van der Waals surface area contributed by atoms with Crippen LogP contribution in [0, 0.1) is 3.57 Å². The second-order valence-electron chi connectivity index (χ2n) is 6.82. The Kier molecular flexibility index (Phi) is 5.87. The Morgan fingerprint density at radius 3 is 2.41 bits per heavy atom. The van der Waals surface area contributed by atoms with E-state index in [-0.39, 0.29) is 21.9 Å². The summed E-state index contributed by atoms with van der Waals surface area (Å²) in [6, 6.07) is 8.08. The first-order chi connectivity index (χ1) is 13.4. The molecule has 0 unspecified atom stereocenters. The first-order valence-corrected chi connectivity index (χ1v) is 11.5. The summed E-state index contributed by atoms with van der Waals surface area (Å²) in [4.78, 5) is 13.1. The number of halogens is 4. The number of ether oxygens (including phenoxy) is 1. The lowest BCUT2D eigenvalue weighted by Crippen LogP contribution is -2.32. The molecule has 0 aliphatic carbocycles. The van der Waals surface area contributed by atoms with Crippen molar-refractivity contribution in [3.63, 3.8) is 0 Å². The highest BCUT2D eigenvalue weighted by molar-refractivity contribution is 14.1. The quantitative estimate of drug-likeness (QED) is 0.418. The summed E-state index contributed by atoms with van der Waals surface area (Å²) in [6.45, 7) is 1.55. The summed E-state index contributed by atoms with van der Waals surface area (Å²) in [7, 11) is -3.70. The van der Waals surface area contributed by atoms with Crippen molar-refractivity contribution in [2.45, 2.75) is 37.2 Å². The van der Waals surface area contributed by atoms with Crippen LogP contribution in [0.3, 0.4) is 0 Å². The Balaban J connectivity index is 2.13. The summed E-state index contributed by atoms with van der Waals surface area (Å²) in [6.07, 6.45) is -5.53. The number of benzene rings is 2. The molecule has 3 rings (SSSR count). The van der Waals surface area contributed by atoms with Crippen molar-refractivity contribution >= 4 is 44.4 Å². The highest BCUT2D eigenvalue weighted by Gasteiger charge is 2.39. The van der Waals surface area contributed by atoms with E-state index < -0.39 is 22.1 Å². The maximum Gasteiger partial charge on any atom is 0.425 e. The number of sulfone groups is 1. The van der Waals surface area contributed by atoms with Gasteiger partial charge in [0.2, 0.25) is 0 Å². The second-order valence-corrected chi connectivity index (χ2v) is 10.1. The SMILES string of the molecule is C[C@H](Oc1c(C=O)cc(S(C)(=O)=O)cc1N1Cc2ccc(I)cc2C1)C(F)(F)F. The van der Waals surface area contributed by atoms with E-state index in [4.69, 9.17) is 4.74 Å². The summed E-state index contributed by atoms with van der Waals surface area (Å²) in [5.41, 5.74) is 1.84. The molecule has 5 nitrogen and oxygen atoms in total. The normalized spacial score (nSPS) is 15.2. The average molecular weight is 539 g/mol. The standard InChI is InChI=1S/C19H17F3INO4S/c1-11(19(20,21)22)28-18-14(10-25)6-16(29(2,26)27)7-17(18)24-8-12-3-4-15(23)5-13(12)9-24/h3-7,10-11H,8-9H2,1-2H3/t11-/m0/s1. The number of nitrogens with zero attached hydrogens (tertiary/aromatic N) is 1. The summed E-state index contributed by atoms with van der Waals surface area (Å²) in [5.74, 6) is -0.278. The van der Waals surface area contributed by atoms with Crippen LogP contribution in [0.25, 0.3) is 0 Å². The van der Waals surface area contributed by atoms with Crippen LogP contribution in [-0.4, -0.2) is 33.2 Å². The molecule has 156 valence electrons. The highest BCUT2D eigenvalue weighted by Crippen LogP contribution is 2.41. The van der Waals surface area contributed by atoms with E-state index in [9.17, 15) is 26.4 Å². The van der Waals surface area contributed by atoms with Gasteiger partial charge in [-0.25, -0.2) is 8.42 Å². The van der Waals surface area contributed by atoms with Gasteiger partial charge >= 0.3 is 6.18 Å². The summed E-state index contributed by atoms with van der Waals surface area (Å²) < 4.78 is 69.5. The Morgan fingerprint density at radius 2 is 1.83 bits per heavy atom. The van der Waals surface area contributed by atoms with Gasteiger partial charge in [0.25, 0.3) is 0 Å². The smallest absolute Gasteiger partial charge is 0.425 e. The molecule has 1 atom stereocenters. The molecule has 0 saturated heterocycles. The molecule has 0 bridgehead atoms. The van der Waals surface area contributed by atoms with Gasteiger partial charge in [0.05, 0.1) is 16.1 Å². The minimum atomic E-state index is -4.64. The maximum atomic E-state index is 13.1. The molecular formula is C19H17F3INO4S. The third-order valence-electron chi connectivity index (χ3n) is 4.61. The fraction of sp³-hybridized carbons (Fsp3) is 0.316. The molecule has 0 radical (unpaired) electrons. The molecule has 10 heteroatoms. The van der Waals surface area contributed by atoms with E-state index in [1.165, 1.54) is 6.07 Å². The topological polar surface area (TPSA) is 63.7 Å². The van der Waals surface area contributed by atoms with Crippen molar-refractivity contribution in [3.05, 3.63) is 50.6 Å². The molecule has 0 N–H and O–H groups in total. The zero-order valence-corrected chi connectivity index (χ0v) is 18.4. The zero-order chi connectivity index (χ0) is 21.6. The monoisotopic (exact) mass is 539 g/mol. The van der Waals surface area contributed by atoms with Crippen molar-refractivity contribution in [1.29, 1.82) is 0 Å². The van der Waals surface area contributed by atoms with Crippen LogP contribution < -0.4 is 9.64 Å². The summed E-state index contributed by atoms with van der Waals surface area (Å²) in [5, 5.41) is 0. The van der Waals surface area contributed by atoms with Gasteiger partial charge in [-0.1, -0.05) is 6.07 Å². The largest absolute Gasteiger partial charge is 0.478 e. The van der Waals surface area contributed by atoms with E-state index in [1.807, 2.05) is 18.2 Å². The fourth-order valence-electron chi connectivity index (χ4n) is 3.05. The number of carbonyl (C=O) groups excluding carboxylic acids is 1. The lowest BCUT2D eigenvalue weighted by molar-refractivity contribution is -0.189. The van der Waals surface area contributed by atoms with Gasteiger partial charge < -0.3 is 9.64 Å². The van der Waals surface area contributed by atoms with Crippen molar-refractivity contribution in [2.75, 3.05) is 11.2 Å². The molecule has 0 aromatic heterocycles. The number of aldehydes is 1. The molecule has 1 heterocycles. The van der Waals surface area contributed by atoms with E-state index in [1.54, 1.807) is 4.90 Å². The highest BCUT2D eigenvalue weighted by atomic mass is 127. The number of fused-ring (bicyclic) bond motifs is 1. The van der Waals surface area contributed by atoms with Crippen molar-refractivity contribution in [1.82, 2.24) is 0 Å². The van der Waals surface area contributed by atoms with Crippen LogP contribution in [0.1, 0.15) is 28.4 Å². The second kappa shape index (κ2) is 7.78. The number of rotatable bonds is 5. The molecule has 0 amide bonds. The van der Waals surface area contributed by atoms with E-state index in [0.29, 0.717) is 19.4 Å². The van der Waals surface area contributed by atoms with Crippen molar-refractivity contribution < 1.29 is 31.1 Å². The van der Waals surface area contributed by atoms with Crippen LogP contribution >= 0.6 is 22.6 Å². The van der Waals surface area contributed by atoms with Crippen LogP contribution in [-0.2, 0) is 22.9 Å². The predicted molar refractivity (Wildman–Crippen MR) is 110 cm³/mol. The molecule has 2 aromatic carbocycles. The molecule has 1 aliphatic rings. The van der Waals surface area contributed by atoms with Gasteiger partial charge in [-0.05, 0) is 64.9 Å². The zero-order valence-electron chi connectivity index (χ0n) is 15.5. The van der Waals surface area contributed by atoms with Crippen molar-refractivity contribution in [3.8, 4) is 5.75 Å². The van der Waals surface area contributed by atoms with Crippen LogP contribution in [0.4, 0.5) is 18.9 Å². The first kappa shape index (κ1) is 21.9. The van der Waals surface area contributed by atoms with Gasteiger partial charge in [-0.3, -0.25) is 4.79 Å². The lowest BCUT2D eigenvalue weighted by atomic mass is 10.1. The van der Waals surface area contributed by atoms with Gasteiger partial charge in [-0.2, -0.15) is 13.2 Å². The molecule has 0 spiro atoms. The third-order valence-corrected chi connectivity index (χ3v) is 6.38. The maximum absolute atomic E-state index is 13.1. The molecule has 1 aliphatic heterocycles. The number of carbonyl (C=O) groups is 1. The first-order valence-electron chi connectivity index (χ1n) is 8.49. The van der Waals surface area contributed by atoms with Gasteiger partial charge in [-0.15, -0.1) is 0 Å². The molecule has 0 fully saturated rings. The van der Waals surface area contributed by atoms with Gasteiger partial charge in [0, 0.05) is 22.9 Å². The van der Waals surface area contributed by atoms with E-state index in [0.717, 1.165) is 33.9 Å². The number of alkyl halides is 3. The van der Waals surface area contributed by atoms with E-state index >= 15 is 0 Å². The fourth-order valence-corrected chi connectivity index (χ4v) is 4.27. The predicted octanol–water partition coefficient (Wildman–Crippen LogP) is 4.36. The number of hydrogen-bond acceptors (Lipinski definition) is 5. The average Bonchev–Trinajstić information content (AvgIpc) is 3.02. The molecular weight excluding hydrogens is 522 g/mol. The third kappa shape index (κ3) is 4.68. The Morgan fingerprint density at radius 1 is 1.17 bits per heavy atom. The van der Waals surface area contributed by atoms with Crippen molar-refractivity contribution in [2.24, 2.45) is 0 Å². The molecule has 2 aromatic rings. The van der Waals surface area contributed by atoms with Gasteiger partial charge in [0.1, 0.15) is 0 Å². The van der Waals surface area contributed by atoms with Crippen LogP contribution in [0.2, 0.25) is 0 Å². The van der Waals surface area contributed by atoms with Gasteiger partial charge in [0.15, 0.2) is 28.0 Å². The minimum absolute atomic E-state index is 0.136. The van der Waals surface area contributed by atoms with Crippen LogP contribution in [0.5, 0.6) is 5.75 Å². The Hall–Kier alpha value is -1.82. The molecule has 29 heavy (non-hydrogen) atoms. The Labute approximate surface area is 179 Å². The number of hydrogen-bond donors (Lipinski definition) is 0. The molecule has 0 saturated carbocycles. The van der Waals surface area contributed by atoms with Crippen LogP contribution in [0.15, 0.2) is 35.2 Å². The summed E-state index contributed by atoms with van der Waals surface area (Å²) >= 11 is 2.16.